The summed E-state index contributed by atoms with van der Waals surface area (Å²) in [6, 6.07) is 19.8. The van der Waals surface area contributed by atoms with Gasteiger partial charge in [0.05, 0.1) is 0 Å². The Morgan fingerprint density at radius 1 is 0.957 bits per heavy atom. The third-order valence-electron chi connectivity index (χ3n) is 4.10. The van der Waals surface area contributed by atoms with Gasteiger partial charge in [-0.2, -0.15) is 0 Å². The Bertz CT molecular complexity index is 1040. The third kappa shape index (κ3) is 2.18. The normalized spacial score (nSPS) is 11.2. The molecule has 3 nitrogen and oxygen atoms in total. The van der Waals surface area contributed by atoms with Gasteiger partial charge in [0, 0.05) is 10.8 Å². The lowest BCUT2D eigenvalue weighted by molar-refractivity contribution is 0.0665. The van der Waals surface area contributed by atoms with Crippen molar-refractivity contribution in [3.63, 3.8) is 0 Å². The number of carboxylic acids is 1. The van der Waals surface area contributed by atoms with Gasteiger partial charge >= 0.3 is 5.97 Å². The number of aromatic carboxylic acids is 1. The number of carbonyl (C=O) groups is 1. The Labute approximate surface area is 132 Å². The van der Waals surface area contributed by atoms with Gasteiger partial charge in [0.1, 0.15) is 5.58 Å². The topological polar surface area (TPSA) is 50.4 Å². The minimum Gasteiger partial charge on any atom is -0.475 e. The van der Waals surface area contributed by atoms with Gasteiger partial charge in [-0.05, 0) is 35.6 Å². The number of hydrogen-bond acceptors (Lipinski definition) is 2. The second kappa shape index (κ2) is 4.99. The molecule has 0 radical (unpaired) electrons. The Kier molecular flexibility index (Phi) is 2.95. The van der Waals surface area contributed by atoms with E-state index in [1.54, 1.807) is 6.07 Å². The van der Waals surface area contributed by atoms with E-state index in [2.05, 4.69) is 31.2 Å². The van der Waals surface area contributed by atoms with Gasteiger partial charge in [0.15, 0.2) is 0 Å². The van der Waals surface area contributed by atoms with Crippen molar-refractivity contribution in [1.29, 1.82) is 0 Å². The maximum Gasteiger partial charge on any atom is 0.371 e. The molecule has 0 aliphatic carbocycles. The lowest BCUT2D eigenvalue weighted by Crippen LogP contribution is -1.91. The molecule has 0 aliphatic rings. The molecule has 3 heteroatoms. The van der Waals surface area contributed by atoms with Gasteiger partial charge in [-0.1, -0.05) is 54.1 Å². The summed E-state index contributed by atoms with van der Waals surface area (Å²) in [4.78, 5) is 11.2. The zero-order valence-corrected chi connectivity index (χ0v) is 12.5. The van der Waals surface area contributed by atoms with Gasteiger partial charge in [-0.25, -0.2) is 4.79 Å². The molecular weight excluding hydrogens is 288 g/mol. The number of fused-ring (bicyclic) bond motifs is 3. The molecule has 1 aromatic heterocycles. The fourth-order valence-electron chi connectivity index (χ4n) is 2.95. The van der Waals surface area contributed by atoms with Crippen molar-refractivity contribution in [3.05, 3.63) is 72.0 Å². The van der Waals surface area contributed by atoms with E-state index in [-0.39, 0.29) is 5.76 Å². The first-order chi connectivity index (χ1) is 11.1. The molecule has 0 spiro atoms. The average molecular weight is 302 g/mol. The summed E-state index contributed by atoms with van der Waals surface area (Å²) in [7, 11) is 0. The van der Waals surface area contributed by atoms with Crippen LogP contribution < -0.4 is 0 Å². The van der Waals surface area contributed by atoms with Crippen LogP contribution in [0.3, 0.4) is 0 Å². The second-order valence-electron chi connectivity index (χ2n) is 5.67. The van der Waals surface area contributed by atoms with Crippen LogP contribution in [0, 0.1) is 6.92 Å². The summed E-state index contributed by atoms with van der Waals surface area (Å²) in [5.74, 6) is -1.09. The van der Waals surface area contributed by atoms with Crippen LogP contribution in [0.2, 0.25) is 0 Å². The molecule has 1 N–H and O–H groups in total. The van der Waals surface area contributed by atoms with E-state index in [4.69, 9.17) is 4.42 Å². The molecule has 0 atom stereocenters. The van der Waals surface area contributed by atoms with Crippen molar-refractivity contribution < 1.29 is 14.3 Å². The molecule has 0 saturated heterocycles. The summed E-state index contributed by atoms with van der Waals surface area (Å²) in [6.07, 6.45) is 0. The molecule has 0 amide bonds. The van der Waals surface area contributed by atoms with Crippen LogP contribution in [-0.2, 0) is 0 Å². The quantitative estimate of drug-likeness (QED) is 0.549. The molecule has 4 aromatic rings. The largest absolute Gasteiger partial charge is 0.475 e. The monoisotopic (exact) mass is 302 g/mol. The molecule has 0 bridgehead atoms. The van der Waals surface area contributed by atoms with Crippen molar-refractivity contribution in [3.8, 4) is 11.1 Å². The highest BCUT2D eigenvalue weighted by Gasteiger charge is 2.15. The number of rotatable bonds is 2. The smallest absolute Gasteiger partial charge is 0.371 e. The summed E-state index contributed by atoms with van der Waals surface area (Å²) < 4.78 is 5.55. The first-order valence-corrected chi connectivity index (χ1v) is 7.39. The Morgan fingerprint density at radius 2 is 1.65 bits per heavy atom. The van der Waals surface area contributed by atoms with Crippen LogP contribution in [-0.4, -0.2) is 11.1 Å². The minimum atomic E-state index is -1.05. The van der Waals surface area contributed by atoms with Crippen LogP contribution in [0.5, 0.6) is 0 Å². The van der Waals surface area contributed by atoms with Gasteiger partial charge in [0.2, 0.25) is 5.76 Å². The van der Waals surface area contributed by atoms with E-state index in [0.29, 0.717) is 5.58 Å². The molecule has 1 heterocycles. The van der Waals surface area contributed by atoms with Crippen molar-refractivity contribution >= 4 is 27.7 Å². The van der Waals surface area contributed by atoms with E-state index in [9.17, 15) is 9.90 Å². The van der Waals surface area contributed by atoms with Crippen molar-refractivity contribution in [2.24, 2.45) is 0 Å². The van der Waals surface area contributed by atoms with Crippen LogP contribution in [0.1, 0.15) is 16.1 Å². The lowest BCUT2D eigenvalue weighted by atomic mass is 9.96. The fourth-order valence-corrected chi connectivity index (χ4v) is 2.95. The van der Waals surface area contributed by atoms with Gasteiger partial charge in [-0.3, -0.25) is 0 Å². The molecule has 0 unspecified atom stereocenters. The Morgan fingerprint density at radius 3 is 2.35 bits per heavy atom. The highest BCUT2D eigenvalue weighted by atomic mass is 16.4. The Balaban J connectivity index is 2.09. The predicted octanol–water partition coefficient (Wildman–Crippen LogP) is 5.26. The summed E-state index contributed by atoms with van der Waals surface area (Å²) in [5, 5.41) is 12.0. The zero-order valence-electron chi connectivity index (χ0n) is 12.5. The molecule has 0 fully saturated rings. The number of carboxylic acid groups (broad SMARTS) is 1. The first-order valence-electron chi connectivity index (χ1n) is 7.39. The molecule has 4 rings (SSSR count). The van der Waals surface area contributed by atoms with Crippen LogP contribution in [0.15, 0.2) is 65.1 Å². The number of furan rings is 1. The zero-order chi connectivity index (χ0) is 16.0. The van der Waals surface area contributed by atoms with E-state index in [0.717, 1.165) is 27.3 Å². The van der Waals surface area contributed by atoms with Gasteiger partial charge in [-0.15, -0.1) is 0 Å². The lowest BCUT2D eigenvalue weighted by Gasteiger charge is -2.08. The summed E-state index contributed by atoms with van der Waals surface area (Å²) in [6.45, 7) is 2.06. The van der Waals surface area contributed by atoms with E-state index in [1.807, 2.05) is 30.3 Å². The highest BCUT2D eigenvalue weighted by Crippen LogP contribution is 2.36. The first kappa shape index (κ1) is 13.6. The molecule has 23 heavy (non-hydrogen) atoms. The highest BCUT2D eigenvalue weighted by molar-refractivity contribution is 6.12. The van der Waals surface area contributed by atoms with Crippen molar-refractivity contribution in [1.82, 2.24) is 0 Å². The minimum absolute atomic E-state index is 0.0359. The summed E-state index contributed by atoms with van der Waals surface area (Å²) in [5.41, 5.74) is 4.00. The predicted molar refractivity (Wildman–Crippen MR) is 90.9 cm³/mol. The fraction of sp³-hybridized carbons (Fsp3) is 0.0500. The number of benzene rings is 3. The standard InChI is InChI=1S/C20H14O3/c1-12-6-8-13(9-7-12)17-10-14-11-18(20(21)22)23-19(14)16-5-3-2-4-15(16)17/h2-11H,1H3,(H,21,22). The second-order valence-corrected chi connectivity index (χ2v) is 5.67. The third-order valence-corrected chi connectivity index (χ3v) is 4.10. The van der Waals surface area contributed by atoms with E-state index >= 15 is 0 Å². The van der Waals surface area contributed by atoms with Gasteiger partial charge < -0.3 is 9.52 Å². The molecule has 112 valence electrons. The van der Waals surface area contributed by atoms with Crippen LogP contribution in [0.4, 0.5) is 0 Å². The Hall–Kier alpha value is -3.07. The average Bonchev–Trinajstić information content (AvgIpc) is 3.00. The van der Waals surface area contributed by atoms with E-state index < -0.39 is 5.97 Å². The summed E-state index contributed by atoms with van der Waals surface area (Å²) >= 11 is 0. The van der Waals surface area contributed by atoms with E-state index in [1.165, 1.54) is 5.56 Å². The van der Waals surface area contributed by atoms with Crippen molar-refractivity contribution in [2.45, 2.75) is 6.92 Å². The maximum atomic E-state index is 11.2. The van der Waals surface area contributed by atoms with Crippen molar-refractivity contribution in [2.75, 3.05) is 0 Å². The molecule has 3 aromatic carbocycles. The SMILES string of the molecule is Cc1ccc(-c2cc3cc(C(=O)O)oc3c3ccccc23)cc1. The number of hydrogen-bond donors (Lipinski definition) is 1. The van der Waals surface area contributed by atoms with Gasteiger partial charge in [0.25, 0.3) is 0 Å². The molecular formula is C20H14O3. The molecule has 0 saturated carbocycles. The van der Waals surface area contributed by atoms with Crippen LogP contribution in [0.25, 0.3) is 32.9 Å². The maximum absolute atomic E-state index is 11.2. The van der Waals surface area contributed by atoms with Crippen LogP contribution >= 0.6 is 0 Å². The molecule has 0 aliphatic heterocycles. The number of aryl methyl sites for hydroxylation is 1.